The van der Waals surface area contributed by atoms with E-state index in [-0.39, 0.29) is 0 Å². The number of rotatable bonds is 6. The van der Waals surface area contributed by atoms with Crippen molar-refractivity contribution in [3.8, 4) is 0 Å². The van der Waals surface area contributed by atoms with E-state index < -0.39 is 0 Å². The predicted octanol–water partition coefficient (Wildman–Crippen LogP) is 1.89. The number of nitrogens with zero attached hydrogens (tertiary/aromatic N) is 5. The quantitative estimate of drug-likeness (QED) is 0.717. The Balaban J connectivity index is 1.58. The first kappa shape index (κ1) is 13.9. The van der Waals surface area contributed by atoms with Crippen LogP contribution in [0.15, 0.2) is 55.1 Å². The number of anilines is 2. The molecule has 22 heavy (non-hydrogen) atoms. The lowest BCUT2D eigenvalue weighted by Gasteiger charge is -2.07. The summed E-state index contributed by atoms with van der Waals surface area (Å²) in [5, 5.41) is 14.2. The van der Waals surface area contributed by atoms with E-state index in [1.54, 1.807) is 18.6 Å². The van der Waals surface area contributed by atoms with Crippen LogP contribution in [0.5, 0.6) is 0 Å². The first-order chi connectivity index (χ1) is 10.9. The zero-order valence-electron chi connectivity index (χ0n) is 11.8. The van der Waals surface area contributed by atoms with Crippen molar-refractivity contribution in [3.63, 3.8) is 0 Å². The van der Waals surface area contributed by atoms with E-state index in [2.05, 4.69) is 35.8 Å². The minimum absolute atomic E-state index is 0.460. The predicted molar refractivity (Wildman–Crippen MR) is 83.0 cm³/mol. The number of pyridine rings is 2. The van der Waals surface area contributed by atoms with Gasteiger partial charge in [-0.25, -0.2) is 0 Å². The van der Waals surface area contributed by atoms with Gasteiger partial charge in [-0.1, -0.05) is 12.1 Å². The van der Waals surface area contributed by atoms with Crippen LogP contribution in [0.4, 0.5) is 11.8 Å². The number of aromatic nitrogens is 5. The molecule has 0 saturated heterocycles. The molecule has 0 aliphatic heterocycles. The topological polar surface area (TPSA) is 88.5 Å². The van der Waals surface area contributed by atoms with E-state index in [1.807, 2.05) is 36.5 Å². The summed E-state index contributed by atoms with van der Waals surface area (Å²) in [5.74, 6) is 1.12. The van der Waals surface area contributed by atoms with Gasteiger partial charge in [0.15, 0.2) is 5.82 Å². The molecule has 0 unspecified atom stereocenters. The summed E-state index contributed by atoms with van der Waals surface area (Å²) in [5.41, 5.74) is 1.99. The van der Waals surface area contributed by atoms with Crippen molar-refractivity contribution in [2.24, 2.45) is 0 Å². The van der Waals surface area contributed by atoms with Crippen molar-refractivity contribution in [2.75, 3.05) is 10.6 Å². The van der Waals surface area contributed by atoms with Crippen molar-refractivity contribution in [1.29, 1.82) is 0 Å². The Morgan fingerprint density at radius 1 is 0.909 bits per heavy atom. The molecule has 3 heterocycles. The third-order valence-electron chi connectivity index (χ3n) is 2.91. The molecule has 0 saturated carbocycles. The highest BCUT2D eigenvalue weighted by Gasteiger charge is 2.01. The maximum atomic E-state index is 4.36. The fourth-order valence-corrected chi connectivity index (χ4v) is 1.83. The van der Waals surface area contributed by atoms with Crippen LogP contribution in [0.1, 0.15) is 11.3 Å². The molecular weight excluding hydrogens is 278 g/mol. The Morgan fingerprint density at radius 2 is 1.91 bits per heavy atom. The molecule has 2 N–H and O–H groups in total. The molecule has 0 aliphatic rings. The van der Waals surface area contributed by atoms with E-state index in [0.29, 0.717) is 24.9 Å². The van der Waals surface area contributed by atoms with Gasteiger partial charge in [0.1, 0.15) is 0 Å². The lowest BCUT2D eigenvalue weighted by molar-refractivity contribution is 0.925. The average molecular weight is 293 g/mol. The highest BCUT2D eigenvalue weighted by atomic mass is 15.3. The number of hydrogen-bond acceptors (Lipinski definition) is 7. The molecule has 0 amide bonds. The van der Waals surface area contributed by atoms with Crippen LogP contribution in [0.2, 0.25) is 0 Å². The van der Waals surface area contributed by atoms with Crippen molar-refractivity contribution in [2.45, 2.75) is 13.1 Å². The second-order valence-corrected chi connectivity index (χ2v) is 4.55. The number of nitrogens with one attached hydrogen (secondary N) is 2. The summed E-state index contributed by atoms with van der Waals surface area (Å²) in [6.45, 7) is 1.18. The Morgan fingerprint density at radius 3 is 2.73 bits per heavy atom. The molecule has 0 radical (unpaired) electrons. The molecule has 0 bridgehead atoms. The van der Waals surface area contributed by atoms with Gasteiger partial charge in [0.05, 0.1) is 18.4 Å². The molecular formula is C15H15N7. The van der Waals surface area contributed by atoms with Gasteiger partial charge in [-0.15, -0.1) is 5.10 Å². The van der Waals surface area contributed by atoms with Crippen molar-refractivity contribution < 1.29 is 0 Å². The summed E-state index contributed by atoms with van der Waals surface area (Å²) in [4.78, 5) is 12.7. The molecule has 0 aromatic carbocycles. The van der Waals surface area contributed by atoms with Crippen molar-refractivity contribution in [3.05, 3.63) is 66.4 Å². The fourth-order valence-electron chi connectivity index (χ4n) is 1.83. The molecule has 110 valence electrons. The monoisotopic (exact) mass is 293 g/mol. The van der Waals surface area contributed by atoms with Gasteiger partial charge in [0.2, 0.25) is 5.95 Å². The minimum atomic E-state index is 0.460. The summed E-state index contributed by atoms with van der Waals surface area (Å²) < 4.78 is 0. The molecule has 0 atom stereocenters. The largest absolute Gasteiger partial charge is 0.364 e. The van der Waals surface area contributed by atoms with E-state index in [0.717, 1.165) is 11.3 Å². The van der Waals surface area contributed by atoms with Gasteiger partial charge in [-0.05, 0) is 23.8 Å². The van der Waals surface area contributed by atoms with Gasteiger partial charge in [0, 0.05) is 25.1 Å². The lowest BCUT2D eigenvalue weighted by atomic mass is 10.3. The van der Waals surface area contributed by atoms with Gasteiger partial charge >= 0.3 is 0 Å². The first-order valence-corrected chi connectivity index (χ1v) is 6.86. The zero-order valence-corrected chi connectivity index (χ0v) is 11.8. The summed E-state index contributed by atoms with van der Waals surface area (Å²) in [6.07, 6.45) is 6.89. The smallest absolute Gasteiger partial charge is 0.245 e. The number of hydrogen-bond donors (Lipinski definition) is 2. The van der Waals surface area contributed by atoms with E-state index in [1.165, 1.54) is 0 Å². The zero-order chi connectivity index (χ0) is 15.0. The van der Waals surface area contributed by atoms with Crippen LogP contribution in [0.3, 0.4) is 0 Å². The third-order valence-corrected chi connectivity index (χ3v) is 2.91. The van der Waals surface area contributed by atoms with E-state index in [9.17, 15) is 0 Å². The van der Waals surface area contributed by atoms with Crippen LogP contribution < -0.4 is 10.6 Å². The Hall–Kier alpha value is -3.09. The fraction of sp³-hybridized carbons (Fsp3) is 0.133. The van der Waals surface area contributed by atoms with Gasteiger partial charge in [-0.3, -0.25) is 9.97 Å². The maximum absolute atomic E-state index is 4.36. The lowest BCUT2D eigenvalue weighted by Crippen LogP contribution is -2.08. The van der Waals surface area contributed by atoms with E-state index >= 15 is 0 Å². The molecule has 7 nitrogen and oxygen atoms in total. The molecule has 3 rings (SSSR count). The molecule has 7 heteroatoms. The minimum Gasteiger partial charge on any atom is -0.364 e. The standard InChI is InChI=1S/C15H15N7/c1-2-7-17-13(5-1)10-19-15-21-14(11-20-22-15)18-9-12-4-3-6-16-8-12/h1-8,11H,9-10H2,(H2,18,19,21,22). The van der Waals surface area contributed by atoms with Crippen molar-refractivity contribution in [1.82, 2.24) is 25.1 Å². The second-order valence-electron chi connectivity index (χ2n) is 4.55. The SMILES string of the molecule is c1ccc(CNc2nncc(NCc3cccnc3)n2)nc1. The molecule has 3 aromatic rings. The van der Waals surface area contributed by atoms with Crippen molar-refractivity contribution >= 4 is 11.8 Å². The molecule has 0 spiro atoms. The maximum Gasteiger partial charge on any atom is 0.245 e. The van der Waals surface area contributed by atoms with Gasteiger partial charge < -0.3 is 10.6 Å². The average Bonchev–Trinajstić information content (AvgIpc) is 2.60. The summed E-state index contributed by atoms with van der Waals surface area (Å²) in [7, 11) is 0. The van der Waals surface area contributed by atoms with Crippen LogP contribution in [0, 0.1) is 0 Å². The Bertz CT molecular complexity index is 645. The highest BCUT2D eigenvalue weighted by molar-refractivity contribution is 5.37. The molecule has 0 aliphatic carbocycles. The van der Waals surface area contributed by atoms with Crippen LogP contribution >= 0.6 is 0 Å². The Labute approximate surface area is 127 Å². The van der Waals surface area contributed by atoms with Crippen LogP contribution in [0.25, 0.3) is 0 Å². The summed E-state index contributed by atoms with van der Waals surface area (Å²) in [6, 6.07) is 9.65. The first-order valence-electron chi connectivity index (χ1n) is 6.86. The van der Waals surface area contributed by atoms with Crippen LogP contribution in [-0.2, 0) is 13.1 Å². The van der Waals surface area contributed by atoms with Crippen LogP contribution in [-0.4, -0.2) is 25.1 Å². The Kier molecular flexibility index (Phi) is 4.46. The van der Waals surface area contributed by atoms with Gasteiger partial charge in [-0.2, -0.15) is 10.1 Å². The van der Waals surface area contributed by atoms with Gasteiger partial charge in [0.25, 0.3) is 0 Å². The van der Waals surface area contributed by atoms with E-state index in [4.69, 9.17) is 0 Å². The third kappa shape index (κ3) is 3.95. The molecule has 0 fully saturated rings. The summed E-state index contributed by atoms with van der Waals surface area (Å²) >= 11 is 0. The molecule has 3 aromatic heterocycles. The second kappa shape index (κ2) is 7.07. The highest BCUT2D eigenvalue weighted by Crippen LogP contribution is 2.07. The normalized spacial score (nSPS) is 10.2.